The lowest BCUT2D eigenvalue weighted by Gasteiger charge is -2.27. The molecule has 0 unspecified atom stereocenters. The minimum atomic E-state index is 1.09. The van der Waals surface area contributed by atoms with Crippen LogP contribution in [0.25, 0.3) is 66.8 Å². The molecule has 0 aliphatic heterocycles. The van der Waals surface area contributed by atoms with E-state index in [-0.39, 0.29) is 0 Å². The van der Waals surface area contributed by atoms with Crippen LogP contribution in [0.1, 0.15) is 0 Å². The Morgan fingerprint density at radius 1 is 0.147 bits per heavy atom. The standard InChI is InChI=1S/C66H48N2/c1-6-18-49(19-7-1)51-32-38-61(39-33-51)67(59-28-12-4-13-29-59)62-42-36-53(37-43-62)55-24-16-25-56(46-55)57-26-17-27-58(47-57)65-45-44-64(48-66(65)54-22-10-3-11-23-54)68(60-30-14-5-15-31-60)63-40-34-52(35-41-63)50-20-8-2-9-21-50/h1-48H. The van der Waals surface area contributed by atoms with Crippen LogP contribution in [0, 0.1) is 0 Å². The van der Waals surface area contributed by atoms with Crippen molar-refractivity contribution in [3.8, 4) is 66.8 Å². The summed E-state index contributed by atoms with van der Waals surface area (Å²) < 4.78 is 0. The lowest BCUT2D eigenvalue weighted by molar-refractivity contribution is 1.28. The molecule has 11 rings (SSSR count). The van der Waals surface area contributed by atoms with Crippen LogP contribution in [0.15, 0.2) is 291 Å². The van der Waals surface area contributed by atoms with Crippen molar-refractivity contribution in [1.82, 2.24) is 0 Å². The third-order valence-electron chi connectivity index (χ3n) is 12.7. The summed E-state index contributed by atoms with van der Waals surface area (Å²) in [5.74, 6) is 0. The third kappa shape index (κ3) is 8.87. The van der Waals surface area contributed by atoms with Crippen LogP contribution >= 0.6 is 0 Å². The van der Waals surface area contributed by atoms with Gasteiger partial charge < -0.3 is 9.80 Å². The zero-order valence-corrected chi connectivity index (χ0v) is 37.6. The summed E-state index contributed by atoms with van der Waals surface area (Å²) in [6, 6.07) is 105. The van der Waals surface area contributed by atoms with E-state index in [4.69, 9.17) is 0 Å². The van der Waals surface area contributed by atoms with E-state index in [0.29, 0.717) is 0 Å². The van der Waals surface area contributed by atoms with Crippen LogP contribution in [-0.2, 0) is 0 Å². The fraction of sp³-hybridized carbons (Fsp3) is 0. The fourth-order valence-electron chi connectivity index (χ4n) is 9.24. The van der Waals surface area contributed by atoms with E-state index in [1.807, 2.05) is 0 Å². The second-order valence-corrected chi connectivity index (χ2v) is 17.0. The second-order valence-electron chi connectivity index (χ2n) is 17.0. The largest absolute Gasteiger partial charge is 0.311 e. The highest BCUT2D eigenvalue weighted by molar-refractivity contribution is 5.90. The van der Waals surface area contributed by atoms with Crippen LogP contribution in [0.5, 0.6) is 0 Å². The normalized spacial score (nSPS) is 10.9. The van der Waals surface area contributed by atoms with Gasteiger partial charge in [-0.25, -0.2) is 0 Å². The molecule has 322 valence electrons. The van der Waals surface area contributed by atoms with Gasteiger partial charge in [0.05, 0.1) is 0 Å². The molecule has 0 radical (unpaired) electrons. The Labute approximate surface area is 400 Å². The molecule has 0 atom stereocenters. The number of hydrogen-bond acceptors (Lipinski definition) is 2. The van der Waals surface area contributed by atoms with E-state index in [9.17, 15) is 0 Å². The predicted octanol–water partition coefficient (Wildman–Crippen LogP) is 18.6. The molecule has 0 saturated carbocycles. The van der Waals surface area contributed by atoms with Gasteiger partial charge in [0.15, 0.2) is 0 Å². The van der Waals surface area contributed by atoms with Crippen molar-refractivity contribution in [3.05, 3.63) is 291 Å². The van der Waals surface area contributed by atoms with Crippen molar-refractivity contribution in [3.63, 3.8) is 0 Å². The molecule has 0 fully saturated rings. The molecule has 0 spiro atoms. The van der Waals surface area contributed by atoms with Crippen molar-refractivity contribution in [1.29, 1.82) is 0 Å². The molecular formula is C66H48N2. The van der Waals surface area contributed by atoms with Crippen LogP contribution in [0.2, 0.25) is 0 Å². The van der Waals surface area contributed by atoms with E-state index in [1.165, 1.54) is 66.8 Å². The van der Waals surface area contributed by atoms with Gasteiger partial charge in [-0.3, -0.25) is 0 Å². The summed E-state index contributed by atoms with van der Waals surface area (Å²) in [6.07, 6.45) is 0. The van der Waals surface area contributed by atoms with Gasteiger partial charge in [0.1, 0.15) is 0 Å². The van der Waals surface area contributed by atoms with Gasteiger partial charge in [-0.05, 0) is 152 Å². The highest BCUT2D eigenvalue weighted by atomic mass is 15.1. The maximum Gasteiger partial charge on any atom is 0.0468 e. The number of benzene rings is 11. The first-order chi connectivity index (χ1) is 33.7. The van der Waals surface area contributed by atoms with Crippen LogP contribution in [0.4, 0.5) is 34.1 Å². The Balaban J connectivity index is 0.912. The molecule has 0 heterocycles. The Kier molecular flexibility index (Phi) is 11.8. The lowest BCUT2D eigenvalue weighted by atomic mass is 9.91. The van der Waals surface area contributed by atoms with Gasteiger partial charge in [0.2, 0.25) is 0 Å². The van der Waals surface area contributed by atoms with Crippen LogP contribution in [0.3, 0.4) is 0 Å². The number of para-hydroxylation sites is 2. The molecule has 0 N–H and O–H groups in total. The molecular weight excluding hydrogens is 821 g/mol. The predicted molar refractivity (Wildman–Crippen MR) is 288 cm³/mol. The summed E-state index contributed by atoms with van der Waals surface area (Å²) in [6.45, 7) is 0. The third-order valence-corrected chi connectivity index (χ3v) is 12.7. The monoisotopic (exact) mass is 868 g/mol. The maximum absolute atomic E-state index is 2.35. The Morgan fingerprint density at radius 3 is 0.868 bits per heavy atom. The quantitative estimate of drug-likeness (QED) is 0.121. The molecule has 11 aromatic carbocycles. The van der Waals surface area contributed by atoms with Crippen molar-refractivity contribution < 1.29 is 0 Å². The van der Waals surface area contributed by atoms with Crippen molar-refractivity contribution in [2.75, 3.05) is 9.80 Å². The second kappa shape index (κ2) is 19.2. The van der Waals surface area contributed by atoms with Gasteiger partial charge in [0, 0.05) is 34.1 Å². The first-order valence-electron chi connectivity index (χ1n) is 23.2. The van der Waals surface area contributed by atoms with Gasteiger partial charge in [0.25, 0.3) is 0 Å². The maximum atomic E-state index is 2.35. The highest BCUT2D eigenvalue weighted by Crippen LogP contribution is 2.42. The Morgan fingerprint density at radius 2 is 0.426 bits per heavy atom. The first-order valence-corrected chi connectivity index (χ1v) is 23.2. The van der Waals surface area contributed by atoms with E-state index in [2.05, 4.69) is 301 Å². The van der Waals surface area contributed by atoms with Crippen LogP contribution < -0.4 is 9.80 Å². The number of hydrogen-bond donors (Lipinski definition) is 0. The van der Waals surface area contributed by atoms with Gasteiger partial charge >= 0.3 is 0 Å². The minimum absolute atomic E-state index is 1.09. The highest BCUT2D eigenvalue weighted by Gasteiger charge is 2.18. The number of rotatable bonds is 12. The van der Waals surface area contributed by atoms with Crippen LogP contribution in [-0.4, -0.2) is 0 Å². The first kappa shape index (κ1) is 41.7. The summed E-state index contributed by atoms with van der Waals surface area (Å²) >= 11 is 0. The van der Waals surface area contributed by atoms with E-state index < -0.39 is 0 Å². The zero-order valence-electron chi connectivity index (χ0n) is 37.6. The van der Waals surface area contributed by atoms with Crippen molar-refractivity contribution in [2.24, 2.45) is 0 Å². The molecule has 0 aliphatic rings. The molecule has 2 heteroatoms. The fourth-order valence-corrected chi connectivity index (χ4v) is 9.24. The number of anilines is 6. The number of nitrogens with zero attached hydrogens (tertiary/aromatic N) is 2. The smallest absolute Gasteiger partial charge is 0.0468 e. The lowest BCUT2D eigenvalue weighted by Crippen LogP contribution is -2.10. The van der Waals surface area contributed by atoms with E-state index in [0.717, 1.165) is 34.1 Å². The van der Waals surface area contributed by atoms with Gasteiger partial charge in [-0.15, -0.1) is 0 Å². The van der Waals surface area contributed by atoms with Crippen molar-refractivity contribution >= 4 is 34.1 Å². The molecule has 0 aromatic heterocycles. The molecule has 2 nitrogen and oxygen atoms in total. The SMILES string of the molecule is c1ccc(-c2ccc(N(c3ccccc3)c3ccc(-c4cccc(-c5cccc(-c6ccc(N(c7ccccc7)c7ccc(-c8ccccc8)cc7)cc6-c6ccccc6)c5)c4)cc3)cc2)cc1. The van der Waals surface area contributed by atoms with Crippen molar-refractivity contribution in [2.45, 2.75) is 0 Å². The summed E-state index contributed by atoms with van der Waals surface area (Å²) in [5, 5.41) is 0. The molecule has 0 saturated heterocycles. The summed E-state index contributed by atoms with van der Waals surface area (Å²) in [7, 11) is 0. The Bertz CT molecular complexity index is 3390. The van der Waals surface area contributed by atoms with E-state index in [1.54, 1.807) is 0 Å². The topological polar surface area (TPSA) is 6.48 Å². The van der Waals surface area contributed by atoms with Gasteiger partial charge in [-0.2, -0.15) is 0 Å². The molecule has 0 bridgehead atoms. The average molecular weight is 869 g/mol. The van der Waals surface area contributed by atoms with Gasteiger partial charge in [-0.1, -0.05) is 206 Å². The molecule has 68 heavy (non-hydrogen) atoms. The molecule has 0 amide bonds. The van der Waals surface area contributed by atoms with E-state index >= 15 is 0 Å². The minimum Gasteiger partial charge on any atom is -0.311 e. The Hall–Kier alpha value is -8.98. The molecule has 0 aliphatic carbocycles. The molecule has 11 aromatic rings. The zero-order chi connectivity index (χ0) is 45.5. The average Bonchev–Trinajstić information content (AvgIpc) is 3.43. The summed E-state index contributed by atoms with van der Waals surface area (Å²) in [5.41, 5.74) is 20.8. The summed E-state index contributed by atoms with van der Waals surface area (Å²) in [4.78, 5) is 4.67.